The van der Waals surface area contributed by atoms with Crippen molar-refractivity contribution in [1.29, 1.82) is 0 Å². The summed E-state index contributed by atoms with van der Waals surface area (Å²) < 4.78 is 1.26. The van der Waals surface area contributed by atoms with Gasteiger partial charge in [-0.25, -0.2) is 20.0 Å². The Labute approximate surface area is 148 Å². The van der Waals surface area contributed by atoms with Crippen LogP contribution in [-0.4, -0.2) is 78.2 Å². The Morgan fingerprint density at radius 1 is 0.727 bits per heavy atom. The highest BCUT2D eigenvalue weighted by molar-refractivity contribution is 8.23. The lowest BCUT2D eigenvalue weighted by molar-refractivity contribution is -0.151. The highest BCUT2D eigenvalue weighted by atomic mass is 32.2. The zero-order valence-electron chi connectivity index (χ0n) is 11.9. The standard InChI is InChI=1S/C12H16N4O2S4/c17-9-1-7-21-11(19)15(9)13-3-5-14(6-4-13)16-10(18)2-8-22-12(16)20/h1-8H2. The van der Waals surface area contributed by atoms with Crippen LogP contribution in [0.2, 0.25) is 0 Å². The molecular weight excluding hydrogens is 360 g/mol. The third-order valence-electron chi connectivity index (χ3n) is 3.70. The van der Waals surface area contributed by atoms with E-state index in [4.69, 9.17) is 24.4 Å². The smallest absolute Gasteiger partial charge is 0.243 e. The van der Waals surface area contributed by atoms with Crippen molar-refractivity contribution in [3.8, 4) is 0 Å². The molecule has 22 heavy (non-hydrogen) atoms. The molecule has 0 unspecified atom stereocenters. The molecule has 3 heterocycles. The van der Waals surface area contributed by atoms with Gasteiger partial charge in [-0.15, -0.1) is 0 Å². The number of thioether (sulfide) groups is 2. The molecule has 10 heteroatoms. The molecule has 3 rings (SSSR count). The molecule has 0 saturated carbocycles. The average molecular weight is 377 g/mol. The first-order valence-electron chi connectivity index (χ1n) is 7.07. The summed E-state index contributed by atoms with van der Waals surface area (Å²) in [4.78, 5) is 24.1. The first kappa shape index (κ1) is 16.6. The van der Waals surface area contributed by atoms with Gasteiger partial charge in [0.2, 0.25) is 11.8 Å². The van der Waals surface area contributed by atoms with E-state index in [1.165, 1.54) is 0 Å². The Hall–Kier alpha value is -0.260. The molecule has 0 atom stereocenters. The second kappa shape index (κ2) is 7.10. The fourth-order valence-corrected chi connectivity index (χ4v) is 5.14. The molecule has 3 saturated heterocycles. The van der Waals surface area contributed by atoms with Gasteiger partial charge in [-0.2, -0.15) is 0 Å². The molecule has 3 aliphatic rings. The van der Waals surface area contributed by atoms with Gasteiger partial charge in [-0.3, -0.25) is 9.59 Å². The third kappa shape index (κ3) is 3.31. The average Bonchev–Trinajstić information content (AvgIpc) is 2.48. The lowest BCUT2D eigenvalue weighted by atomic mass is 10.3. The van der Waals surface area contributed by atoms with Crippen molar-refractivity contribution in [3.05, 3.63) is 0 Å². The van der Waals surface area contributed by atoms with Gasteiger partial charge in [-0.1, -0.05) is 48.0 Å². The van der Waals surface area contributed by atoms with Crippen LogP contribution in [0, 0.1) is 0 Å². The SMILES string of the molecule is O=C1CCSC(=S)N1N1CCN(N2C(=O)CCSC2=S)CC1. The van der Waals surface area contributed by atoms with Crippen LogP contribution >= 0.6 is 48.0 Å². The lowest BCUT2D eigenvalue weighted by Crippen LogP contribution is -2.62. The summed E-state index contributed by atoms with van der Waals surface area (Å²) in [6.07, 6.45) is 1.05. The molecular formula is C12H16N4O2S4. The number of hydrogen-bond donors (Lipinski definition) is 0. The van der Waals surface area contributed by atoms with E-state index in [-0.39, 0.29) is 11.8 Å². The lowest BCUT2D eigenvalue weighted by Gasteiger charge is -2.45. The number of hydrogen-bond acceptors (Lipinski definition) is 8. The highest BCUT2D eigenvalue weighted by Crippen LogP contribution is 2.24. The van der Waals surface area contributed by atoms with Crippen LogP contribution in [0.25, 0.3) is 0 Å². The van der Waals surface area contributed by atoms with Crippen molar-refractivity contribution in [2.45, 2.75) is 12.8 Å². The van der Waals surface area contributed by atoms with Gasteiger partial charge in [0, 0.05) is 50.5 Å². The van der Waals surface area contributed by atoms with E-state index >= 15 is 0 Å². The Balaban J connectivity index is 1.62. The Kier molecular flexibility index (Phi) is 5.35. The van der Waals surface area contributed by atoms with Crippen LogP contribution in [0.3, 0.4) is 0 Å². The molecule has 0 aliphatic carbocycles. The third-order valence-corrected chi connectivity index (χ3v) is 6.41. The molecule has 6 nitrogen and oxygen atoms in total. The molecule has 3 aliphatic heterocycles. The second-order valence-electron chi connectivity index (χ2n) is 5.05. The largest absolute Gasteiger partial charge is 0.273 e. The van der Waals surface area contributed by atoms with Crippen LogP contribution < -0.4 is 0 Å². The van der Waals surface area contributed by atoms with E-state index in [0.717, 1.165) is 11.5 Å². The van der Waals surface area contributed by atoms with E-state index < -0.39 is 0 Å². The zero-order chi connectivity index (χ0) is 15.7. The van der Waals surface area contributed by atoms with Gasteiger partial charge in [0.05, 0.1) is 0 Å². The molecule has 120 valence electrons. The van der Waals surface area contributed by atoms with Crippen molar-refractivity contribution in [1.82, 2.24) is 20.0 Å². The van der Waals surface area contributed by atoms with E-state index in [1.54, 1.807) is 33.5 Å². The maximum absolute atomic E-state index is 12.1. The van der Waals surface area contributed by atoms with Crippen LogP contribution in [0.4, 0.5) is 0 Å². The van der Waals surface area contributed by atoms with Crippen molar-refractivity contribution < 1.29 is 9.59 Å². The number of piperazine rings is 1. The second-order valence-corrected chi connectivity index (χ2v) is 8.50. The van der Waals surface area contributed by atoms with E-state index in [1.807, 2.05) is 10.0 Å². The van der Waals surface area contributed by atoms with Gasteiger partial charge in [0.25, 0.3) is 0 Å². The number of carbonyl (C=O) groups excluding carboxylic acids is 2. The van der Waals surface area contributed by atoms with Crippen LogP contribution in [0.1, 0.15) is 12.8 Å². The monoisotopic (exact) mass is 376 g/mol. The predicted molar refractivity (Wildman–Crippen MR) is 96.2 cm³/mol. The molecule has 3 fully saturated rings. The number of hydrazine groups is 2. The van der Waals surface area contributed by atoms with Crippen molar-refractivity contribution in [2.75, 3.05) is 37.7 Å². The molecule has 0 N–H and O–H groups in total. The molecule has 0 radical (unpaired) electrons. The summed E-state index contributed by atoms with van der Waals surface area (Å²) in [6, 6.07) is 0. The summed E-state index contributed by atoms with van der Waals surface area (Å²) >= 11 is 13.7. The van der Waals surface area contributed by atoms with Gasteiger partial charge >= 0.3 is 0 Å². The van der Waals surface area contributed by atoms with E-state index in [0.29, 0.717) is 47.7 Å². The van der Waals surface area contributed by atoms with Crippen LogP contribution in [0.15, 0.2) is 0 Å². The quantitative estimate of drug-likeness (QED) is 0.660. The summed E-state index contributed by atoms with van der Waals surface area (Å²) in [7, 11) is 0. The van der Waals surface area contributed by atoms with E-state index in [9.17, 15) is 9.59 Å². The summed E-state index contributed by atoms with van der Waals surface area (Å²) in [5.74, 6) is 1.67. The van der Waals surface area contributed by atoms with Gasteiger partial charge in [0.1, 0.15) is 0 Å². The molecule has 2 amide bonds. The maximum Gasteiger partial charge on any atom is 0.243 e. The Bertz CT molecular complexity index is 443. The van der Waals surface area contributed by atoms with Gasteiger partial charge < -0.3 is 0 Å². The van der Waals surface area contributed by atoms with Crippen molar-refractivity contribution in [2.24, 2.45) is 0 Å². The van der Waals surface area contributed by atoms with Crippen molar-refractivity contribution >= 4 is 68.4 Å². The minimum Gasteiger partial charge on any atom is -0.273 e. The minimum atomic E-state index is 0.0670. The Morgan fingerprint density at radius 2 is 1.09 bits per heavy atom. The summed E-state index contributed by atoms with van der Waals surface area (Å²) in [5.41, 5.74) is 0. The van der Waals surface area contributed by atoms with Gasteiger partial charge in [-0.05, 0) is 0 Å². The highest BCUT2D eigenvalue weighted by Gasteiger charge is 2.35. The number of nitrogens with zero attached hydrogens (tertiary/aromatic N) is 4. The molecule has 0 bridgehead atoms. The normalized spacial score (nSPS) is 26.0. The fourth-order valence-electron chi connectivity index (χ4n) is 2.62. The van der Waals surface area contributed by atoms with E-state index in [2.05, 4.69) is 0 Å². The van der Waals surface area contributed by atoms with Gasteiger partial charge in [0.15, 0.2) is 8.64 Å². The van der Waals surface area contributed by atoms with Crippen LogP contribution in [0.5, 0.6) is 0 Å². The predicted octanol–water partition coefficient (Wildman–Crippen LogP) is 0.935. The Morgan fingerprint density at radius 3 is 1.41 bits per heavy atom. The maximum atomic E-state index is 12.1. The number of amides is 2. The van der Waals surface area contributed by atoms with Crippen LogP contribution in [-0.2, 0) is 9.59 Å². The number of carbonyl (C=O) groups is 2. The molecule has 0 aromatic carbocycles. The summed E-state index contributed by atoms with van der Waals surface area (Å²) in [6.45, 7) is 2.62. The number of rotatable bonds is 2. The number of thiocarbonyl (C=S) groups is 2. The minimum absolute atomic E-state index is 0.0670. The first-order chi connectivity index (χ1) is 10.6. The molecule has 0 spiro atoms. The topological polar surface area (TPSA) is 47.1 Å². The fraction of sp³-hybridized carbons (Fsp3) is 0.667. The first-order valence-corrected chi connectivity index (χ1v) is 9.86. The molecule has 0 aromatic heterocycles. The summed E-state index contributed by atoms with van der Waals surface area (Å²) in [5, 5.41) is 7.23. The zero-order valence-corrected chi connectivity index (χ0v) is 15.2. The molecule has 0 aromatic rings. The van der Waals surface area contributed by atoms with Crippen molar-refractivity contribution in [3.63, 3.8) is 0 Å².